The molecule has 0 radical (unpaired) electrons. The third-order valence-electron chi connectivity index (χ3n) is 4.06. The highest BCUT2D eigenvalue weighted by Gasteiger charge is 2.24. The molecule has 114 valence electrons. The first-order valence-electron chi connectivity index (χ1n) is 7.62. The molecule has 1 aromatic carbocycles. The lowest BCUT2D eigenvalue weighted by molar-refractivity contribution is 0.101. The fraction of sp³-hybridized carbons (Fsp3) is 0.529. The number of ketones is 1. The van der Waals surface area contributed by atoms with Crippen molar-refractivity contribution < 1.29 is 9.59 Å². The van der Waals surface area contributed by atoms with E-state index in [9.17, 15) is 9.59 Å². The molecule has 1 saturated carbocycles. The van der Waals surface area contributed by atoms with Crippen LogP contribution < -0.4 is 10.6 Å². The van der Waals surface area contributed by atoms with Gasteiger partial charge in [-0.2, -0.15) is 0 Å². The summed E-state index contributed by atoms with van der Waals surface area (Å²) in [6, 6.07) is 7.04. The van der Waals surface area contributed by atoms with Gasteiger partial charge in [0, 0.05) is 17.3 Å². The van der Waals surface area contributed by atoms with Gasteiger partial charge in [0.05, 0.1) is 0 Å². The average Bonchev–Trinajstić information content (AvgIpc) is 2.37. The van der Waals surface area contributed by atoms with Crippen molar-refractivity contribution >= 4 is 17.5 Å². The van der Waals surface area contributed by atoms with Gasteiger partial charge in [-0.3, -0.25) is 4.79 Å². The van der Waals surface area contributed by atoms with Crippen molar-refractivity contribution in [2.24, 2.45) is 11.8 Å². The lowest BCUT2D eigenvalue weighted by atomic mass is 9.80. The van der Waals surface area contributed by atoms with Gasteiger partial charge in [0.1, 0.15) is 0 Å². The first kappa shape index (κ1) is 15.5. The molecule has 2 unspecified atom stereocenters. The Morgan fingerprint density at radius 1 is 1.00 bits per heavy atom. The molecule has 0 spiro atoms. The monoisotopic (exact) mass is 288 g/mol. The molecule has 2 rings (SSSR count). The molecule has 1 aromatic rings. The van der Waals surface area contributed by atoms with Gasteiger partial charge in [-0.15, -0.1) is 0 Å². The lowest BCUT2D eigenvalue weighted by Gasteiger charge is -2.31. The number of carbonyl (C=O) groups excluding carboxylic acids is 2. The van der Waals surface area contributed by atoms with E-state index in [1.54, 1.807) is 24.3 Å². The summed E-state index contributed by atoms with van der Waals surface area (Å²) in [5.74, 6) is 1.35. The number of hydrogen-bond donors (Lipinski definition) is 2. The number of urea groups is 1. The second-order valence-corrected chi connectivity index (χ2v) is 6.35. The Kier molecular flexibility index (Phi) is 4.99. The van der Waals surface area contributed by atoms with Gasteiger partial charge >= 0.3 is 6.03 Å². The molecule has 1 aliphatic carbocycles. The summed E-state index contributed by atoms with van der Waals surface area (Å²) in [6.07, 6.45) is 3.33. The summed E-state index contributed by atoms with van der Waals surface area (Å²) in [7, 11) is 0. The maximum Gasteiger partial charge on any atom is 0.319 e. The molecule has 0 bridgehead atoms. The Morgan fingerprint density at radius 2 is 1.57 bits per heavy atom. The molecule has 0 heterocycles. The van der Waals surface area contributed by atoms with Crippen LogP contribution in [0.1, 0.15) is 50.4 Å². The normalized spacial score (nSPS) is 25.2. The Labute approximate surface area is 126 Å². The van der Waals surface area contributed by atoms with Crippen molar-refractivity contribution in [1.29, 1.82) is 0 Å². The SMILES string of the molecule is CC(=O)c1ccc(NC(=O)NC2CC(C)CC(C)C2)cc1. The van der Waals surface area contributed by atoms with E-state index in [0.29, 0.717) is 23.1 Å². The summed E-state index contributed by atoms with van der Waals surface area (Å²) >= 11 is 0. The van der Waals surface area contributed by atoms with E-state index in [4.69, 9.17) is 0 Å². The molecule has 0 saturated heterocycles. The molecular formula is C17H24N2O2. The largest absolute Gasteiger partial charge is 0.335 e. The molecule has 1 aliphatic rings. The van der Waals surface area contributed by atoms with Crippen LogP contribution in [-0.4, -0.2) is 17.9 Å². The van der Waals surface area contributed by atoms with E-state index in [0.717, 1.165) is 12.8 Å². The molecule has 2 N–H and O–H groups in total. The lowest BCUT2D eigenvalue weighted by Crippen LogP contribution is -2.42. The average molecular weight is 288 g/mol. The van der Waals surface area contributed by atoms with Gasteiger partial charge in [-0.05, 0) is 62.3 Å². The summed E-state index contributed by atoms with van der Waals surface area (Å²) in [5.41, 5.74) is 1.35. The number of Topliss-reactive ketones (excluding diaryl/α,β-unsaturated/α-hetero) is 1. The summed E-state index contributed by atoms with van der Waals surface area (Å²) in [4.78, 5) is 23.2. The maximum absolute atomic E-state index is 12.0. The zero-order valence-electron chi connectivity index (χ0n) is 13.0. The fourth-order valence-electron chi connectivity index (χ4n) is 3.21. The van der Waals surface area contributed by atoms with Crippen LogP contribution in [-0.2, 0) is 0 Å². The molecule has 21 heavy (non-hydrogen) atoms. The minimum absolute atomic E-state index is 0.0242. The molecule has 2 atom stereocenters. The van der Waals surface area contributed by atoms with Gasteiger partial charge in [-0.1, -0.05) is 13.8 Å². The van der Waals surface area contributed by atoms with Crippen LogP contribution in [0.2, 0.25) is 0 Å². The molecule has 2 amide bonds. The molecule has 0 aliphatic heterocycles. The minimum atomic E-state index is -0.170. The Hall–Kier alpha value is -1.84. The predicted molar refractivity (Wildman–Crippen MR) is 84.6 cm³/mol. The van der Waals surface area contributed by atoms with Crippen LogP contribution >= 0.6 is 0 Å². The van der Waals surface area contributed by atoms with E-state index in [1.165, 1.54) is 13.3 Å². The van der Waals surface area contributed by atoms with Crippen LogP contribution in [0.15, 0.2) is 24.3 Å². The summed E-state index contributed by atoms with van der Waals surface area (Å²) < 4.78 is 0. The van der Waals surface area contributed by atoms with E-state index >= 15 is 0 Å². The van der Waals surface area contributed by atoms with Gasteiger partial charge < -0.3 is 10.6 Å². The third kappa shape index (κ3) is 4.59. The predicted octanol–water partition coefficient (Wildman–Crippen LogP) is 3.84. The number of anilines is 1. The van der Waals surface area contributed by atoms with Crippen LogP contribution in [0.3, 0.4) is 0 Å². The van der Waals surface area contributed by atoms with Crippen molar-refractivity contribution in [2.75, 3.05) is 5.32 Å². The van der Waals surface area contributed by atoms with Crippen LogP contribution in [0.5, 0.6) is 0 Å². The second-order valence-electron chi connectivity index (χ2n) is 6.35. The zero-order chi connectivity index (χ0) is 15.4. The van der Waals surface area contributed by atoms with Crippen LogP contribution in [0.25, 0.3) is 0 Å². The number of nitrogens with one attached hydrogen (secondary N) is 2. The van der Waals surface area contributed by atoms with E-state index < -0.39 is 0 Å². The maximum atomic E-state index is 12.0. The number of hydrogen-bond acceptors (Lipinski definition) is 2. The van der Waals surface area contributed by atoms with E-state index in [1.807, 2.05) is 0 Å². The van der Waals surface area contributed by atoms with Crippen molar-refractivity contribution in [3.8, 4) is 0 Å². The minimum Gasteiger partial charge on any atom is -0.335 e. The highest BCUT2D eigenvalue weighted by Crippen LogP contribution is 2.28. The second kappa shape index (κ2) is 6.74. The van der Waals surface area contributed by atoms with Gasteiger partial charge in [0.15, 0.2) is 5.78 Å². The van der Waals surface area contributed by atoms with Gasteiger partial charge in [-0.25, -0.2) is 4.79 Å². The van der Waals surface area contributed by atoms with E-state index in [2.05, 4.69) is 24.5 Å². The number of amides is 2. The molecular weight excluding hydrogens is 264 g/mol. The fourth-order valence-corrected chi connectivity index (χ4v) is 3.21. The zero-order valence-corrected chi connectivity index (χ0v) is 13.0. The molecule has 4 nitrogen and oxygen atoms in total. The third-order valence-corrected chi connectivity index (χ3v) is 4.06. The summed E-state index contributed by atoms with van der Waals surface area (Å²) in [5, 5.41) is 5.87. The Morgan fingerprint density at radius 3 is 2.10 bits per heavy atom. The van der Waals surface area contributed by atoms with Crippen molar-refractivity contribution in [1.82, 2.24) is 5.32 Å². The molecule has 0 aromatic heterocycles. The van der Waals surface area contributed by atoms with Gasteiger partial charge in [0.25, 0.3) is 0 Å². The van der Waals surface area contributed by atoms with Crippen molar-refractivity contribution in [3.05, 3.63) is 29.8 Å². The van der Waals surface area contributed by atoms with Crippen LogP contribution in [0.4, 0.5) is 10.5 Å². The standard InChI is InChI=1S/C17H24N2O2/c1-11-8-12(2)10-16(9-11)19-17(21)18-15-6-4-14(5-7-15)13(3)20/h4-7,11-12,16H,8-10H2,1-3H3,(H2,18,19,21). The molecule has 4 heteroatoms. The quantitative estimate of drug-likeness (QED) is 0.830. The highest BCUT2D eigenvalue weighted by molar-refractivity contribution is 5.95. The number of rotatable bonds is 3. The van der Waals surface area contributed by atoms with Crippen LogP contribution in [0, 0.1) is 11.8 Å². The topological polar surface area (TPSA) is 58.2 Å². The van der Waals surface area contributed by atoms with Gasteiger partial charge in [0.2, 0.25) is 0 Å². The Bertz CT molecular complexity index is 500. The van der Waals surface area contributed by atoms with Crippen molar-refractivity contribution in [3.63, 3.8) is 0 Å². The Balaban J connectivity index is 1.88. The smallest absolute Gasteiger partial charge is 0.319 e. The first-order valence-corrected chi connectivity index (χ1v) is 7.62. The number of benzene rings is 1. The first-order chi connectivity index (χ1) is 9.94. The summed E-state index contributed by atoms with van der Waals surface area (Å²) in [6.45, 7) is 6.01. The number of carbonyl (C=O) groups is 2. The van der Waals surface area contributed by atoms with E-state index in [-0.39, 0.29) is 17.9 Å². The van der Waals surface area contributed by atoms with Crippen molar-refractivity contribution in [2.45, 2.75) is 46.1 Å². The molecule has 1 fully saturated rings. The highest BCUT2D eigenvalue weighted by atomic mass is 16.2.